The molecule has 2 heteroatoms. The molecule has 2 heterocycles. The van der Waals surface area contributed by atoms with E-state index < -0.39 is 0 Å². The minimum absolute atomic E-state index is 0.146. The van der Waals surface area contributed by atoms with Crippen molar-refractivity contribution in [2.45, 2.75) is 38.9 Å². The first-order valence-corrected chi connectivity index (χ1v) is 3.74. The fourth-order valence-electron chi connectivity index (χ4n) is 0.612. The molecule has 0 aromatic carbocycles. The van der Waals surface area contributed by atoms with Gasteiger partial charge in [-0.05, 0) is 27.7 Å². The van der Waals surface area contributed by atoms with Crippen molar-refractivity contribution in [3.05, 3.63) is 0 Å². The van der Waals surface area contributed by atoms with E-state index in [1.807, 2.05) is 0 Å². The molecule has 0 saturated carbocycles. The van der Waals surface area contributed by atoms with Crippen LogP contribution in [-0.4, -0.2) is 24.4 Å². The molecule has 0 radical (unpaired) electrons. The zero-order valence-corrected chi connectivity index (χ0v) is 7.23. The Balaban J connectivity index is 0.000000138. The molecular formula is C8H16O2. The second-order valence-electron chi connectivity index (χ2n) is 3.74. The van der Waals surface area contributed by atoms with Crippen molar-refractivity contribution in [3.63, 3.8) is 0 Å². The molecule has 2 saturated heterocycles. The number of rotatable bonds is 0. The molecule has 2 fully saturated rings. The van der Waals surface area contributed by atoms with Crippen LogP contribution in [0.3, 0.4) is 0 Å². The topological polar surface area (TPSA) is 25.1 Å². The first-order valence-electron chi connectivity index (χ1n) is 3.74. The van der Waals surface area contributed by atoms with Crippen LogP contribution in [0.4, 0.5) is 0 Å². The smallest absolute Gasteiger partial charge is 0.0918 e. The molecule has 2 aliphatic rings. The number of epoxide rings is 2. The van der Waals surface area contributed by atoms with E-state index in [4.69, 9.17) is 4.74 Å². The molecule has 2 nitrogen and oxygen atoms in total. The first-order chi connectivity index (χ1) is 4.46. The van der Waals surface area contributed by atoms with Gasteiger partial charge in [0.1, 0.15) is 0 Å². The van der Waals surface area contributed by atoms with Crippen molar-refractivity contribution in [2.24, 2.45) is 0 Å². The Labute approximate surface area is 62.5 Å². The normalized spacial score (nSPS) is 30.0. The lowest BCUT2D eigenvalue weighted by atomic mass is 10.0. The van der Waals surface area contributed by atoms with Gasteiger partial charge in [0, 0.05) is 0 Å². The van der Waals surface area contributed by atoms with Crippen LogP contribution >= 0.6 is 0 Å². The Kier molecular flexibility index (Phi) is 1.77. The third-order valence-corrected chi connectivity index (χ3v) is 2.12. The predicted molar refractivity (Wildman–Crippen MR) is 40.1 cm³/mol. The standard InChI is InChI=1S/C6H12O.C2H4O/c1-5(2)6(3,4)7-5;1-2-3-1/h1-4H3;1-2H2. The van der Waals surface area contributed by atoms with E-state index in [-0.39, 0.29) is 11.2 Å². The third kappa shape index (κ3) is 1.96. The summed E-state index contributed by atoms with van der Waals surface area (Å²) >= 11 is 0. The van der Waals surface area contributed by atoms with Crippen molar-refractivity contribution in [3.8, 4) is 0 Å². The lowest BCUT2D eigenvalue weighted by Crippen LogP contribution is -2.10. The van der Waals surface area contributed by atoms with E-state index in [1.54, 1.807) is 0 Å². The molecule has 0 aromatic heterocycles. The second kappa shape index (κ2) is 2.21. The van der Waals surface area contributed by atoms with Crippen LogP contribution in [0.5, 0.6) is 0 Å². The van der Waals surface area contributed by atoms with Crippen LogP contribution in [0.25, 0.3) is 0 Å². The van der Waals surface area contributed by atoms with E-state index in [1.165, 1.54) is 0 Å². The van der Waals surface area contributed by atoms with Crippen LogP contribution < -0.4 is 0 Å². The van der Waals surface area contributed by atoms with Gasteiger partial charge in [0.15, 0.2) is 0 Å². The molecule has 2 aliphatic heterocycles. The highest BCUT2D eigenvalue weighted by molar-refractivity contribution is 5.03. The first kappa shape index (κ1) is 8.02. The van der Waals surface area contributed by atoms with Crippen LogP contribution in [0.1, 0.15) is 27.7 Å². The molecule has 0 amide bonds. The van der Waals surface area contributed by atoms with Crippen molar-refractivity contribution in [1.82, 2.24) is 0 Å². The van der Waals surface area contributed by atoms with Gasteiger partial charge < -0.3 is 9.47 Å². The summed E-state index contributed by atoms with van der Waals surface area (Å²) in [6.45, 7) is 10.4. The summed E-state index contributed by atoms with van der Waals surface area (Å²) in [6, 6.07) is 0. The number of hydrogen-bond donors (Lipinski definition) is 0. The van der Waals surface area contributed by atoms with Gasteiger partial charge in [0.25, 0.3) is 0 Å². The fraction of sp³-hybridized carbons (Fsp3) is 1.00. The number of hydrogen-bond acceptors (Lipinski definition) is 2. The minimum Gasteiger partial charge on any atom is -0.377 e. The zero-order chi connectivity index (χ0) is 7.83. The molecule has 0 bridgehead atoms. The Bertz CT molecular complexity index is 110. The van der Waals surface area contributed by atoms with Crippen LogP contribution in [0.15, 0.2) is 0 Å². The fourth-order valence-corrected chi connectivity index (χ4v) is 0.612. The maximum absolute atomic E-state index is 5.29. The molecule has 10 heavy (non-hydrogen) atoms. The molecule has 2 rings (SSSR count). The Morgan fingerprint density at radius 1 is 0.900 bits per heavy atom. The van der Waals surface area contributed by atoms with Crippen molar-refractivity contribution < 1.29 is 9.47 Å². The van der Waals surface area contributed by atoms with E-state index in [2.05, 4.69) is 32.4 Å². The Morgan fingerprint density at radius 2 is 1.10 bits per heavy atom. The summed E-state index contributed by atoms with van der Waals surface area (Å²) in [5.41, 5.74) is 0.292. The van der Waals surface area contributed by atoms with Gasteiger partial charge in [-0.25, -0.2) is 0 Å². The summed E-state index contributed by atoms with van der Waals surface area (Å²) in [4.78, 5) is 0. The molecule has 0 aliphatic carbocycles. The molecule has 0 unspecified atom stereocenters. The highest BCUT2D eigenvalue weighted by Gasteiger charge is 2.55. The van der Waals surface area contributed by atoms with Crippen molar-refractivity contribution in [2.75, 3.05) is 13.2 Å². The van der Waals surface area contributed by atoms with Gasteiger partial charge in [-0.2, -0.15) is 0 Å². The van der Waals surface area contributed by atoms with E-state index in [9.17, 15) is 0 Å². The van der Waals surface area contributed by atoms with Gasteiger partial charge in [-0.3, -0.25) is 0 Å². The van der Waals surface area contributed by atoms with Crippen LogP contribution in [-0.2, 0) is 9.47 Å². The summed E-state index contributed by atoms with van der Waals surface area (Å²) in [7, 11) is 0. The average molecular weight is 144 g/mol. The second-order valence-corrected chi connectivity index (χ2v) is 3.74. The molecular weight excluding hydrogens is 128 g/mol. The minimum atomic E-state index is 0.146. The molecule has 0 atom stereocenters. The monoisotopic (exact) mass is 144 g/mol. The van der Waals surface area contributed by atoms with Crippen molar-refractivity contribution >= 4 is 0 Å². The zero-order valence-electron chi connectivity index (χ0n) is 7.23. The van der Waals surface area contributed by atoms with Crippen LogP contribution in [0.2, 0.25) is 0 Å². The number of ether oxygens (including phenoxy) is 2. The molecule has 0 spiro atoms. The predicted octanol–water partition coefficient (Wildman–Crippen LogP) is 1.59. The van der Waals surface area contributed by atoms with Gasteiger partial charge in [-0.1, -0.05) is 0 Å². The summed E-state index contributed by atoms with van der Waals surface area (Å²) < 4.78 is 9.79. The third-order valence-electron chi connectivity index (χ3n) is 2.12. The van der Waals surface area contributed by atoms with Gasteiger partial charge >= 0.3 is 0 Å². The van der Waals surface area contributed by atoms with Gasteiger partial charge in [0.05, 0.1) is 24.4 Å². The average Bonchev–Trinajstić information content (AvgIpc) is 2.45. The molecule has 0 aromatic rings. The Hall–Kier alpha value is -0.0800. The Morgan fingerprint density at radius 3 is 1.10 bits per heavy atom. The lowest BCUT2D eigenvalue weighted by Gasteiger charge is -1.95. The van der Waals surface area contributed by atoms with E-state index in [0.29, 0.717) is 0 Å². The summed E-state index contributed by atoms with van der Waals surface area (Å²) in [6.07, 6.45) is 0. The highest BCUT2D eigenvalue weighted by atomic mass is 16.6. The maximum atomic E-state index is 5.29. The van der Waals surface area contributed by atoms with Gasteiger partial charge in [-0.15, -0.1) is 0 Å². The van der Waals surface area contributed by atoms with Gasteiger partial charge in [0.2, 0.25) is 0 Å². The summed E-state index contributed by atoms with van der Waals surface area (Å²) in [5.74, 6) is 0. The molecule has 60 valence electrons. The molecule has 0 N–H and O–H groups in total. The van der Waals surface area contributed by atoms with E-state index in [0.717, 1.165) is 13.2 Å². The van der Waals surface area contributed by atoms with E-state index >= 15 is 0 Å². The van der Waals surface area contributed by atoms with Crippen molar-refractivity contribution in [1.29, 1.82) is 0 Å². The maximum Gasteiger partial charge on any atom is 0.0918 e. The largest absolute Gasteiger partial charge is 0.377 e. The lowest BCUT2D eigenvalue weighted by molar-refractivity contribution is 0.296. The van der Waals surface area contributed by atoms with Crippen LogP contribution in [0, 0.1) is 0 Å². The summed E-state index contributed by atoms with van der Waals surface area (Å²) in [5, 5.41) is 0. The quantitative estimate of drug-likeness (QED) is 0.482. The SMILES string of the molecule is C1CO1.CC1(C)OC1(C)C. The highest BCUT2D eigenvalue weighted by Crippen LogP contribution is 2.46.